The molecular weight excluding hydrogens is 817 g/mol. The van der Waals surface area contributed by atoms with Crippen LogP contribution in [0.4, 0.5) is 0 Å². The Morgan fingerprint density at radius 1 is 0.394 bits per heavy atom. The number of carbonyl (C=O) groups is 3. The van der Waals surface area contributed by atoms with Crippen molar-refractivity contribution in [1.29, 1.82) is 0 Å². The van der Waals surface area contributed by atoms with E-state index in [0.29, 0.717) is 19.6 Å². The van der Waals surface area contributed by atoms with Gasteiger partial charge >= 0.3 is 0 Å². The Morgan fingerprint density at radius 2 is 0.864 bits per heavy atom. The number of carbonyl (C=O) groups excluding carboxylic acids is 3. The van der Waals surface area contributed by atoms with Gasteiger partial charge in [-0.3, -0.25) is 29.3 Å². The van der Waals surface area contributed by atoms with Crippen LogP contribution in [-0.2, 0) is 38.9 Å². The largest absolute Gasteiger partial charge is 0.337 e. The molecule has 3 aliphatic rings. The first kappa shape index (κ1) is 41.9. The lowest BCUT2D eigenvalue weighted by molar-refractivity contribution is 0.0809. The molecule has 324 valence electrons. The van der Waals surface area contributed by atoms with E-state index in [1.807, 2.05) is 125 Å². The van der Waals surface area contributed by atoms with Gasteiger partial charge in [-0.05, 0) is 124 Å². The second-order valence-electron chi connectivity index (χ2n) is 17.5. The monoisotopic (exact) mass is 864 g/mol. The van der Waals surface area contributed by atoms with Crippen molar-refractivity contribution < 1.29 is 14.4 Å². The van der Waals surface area contributed by atoms with Crippen molar-refractivity contribution in [2.24, 2.45) is 0 Å². The average molecular weight is 865 g/mol. The molecule has 0 spiro atoms. The molecule has 0 bridgehead atoms. The summed E-state index contributed by atoms with van der Waals surface area (Å²) in [5, 5.41) is 3.47. The number of hydrogen-bond donors (Lipinski definition) is 0. The summed E-state index contributed by atoms with van der Waals surface area (Å²) in [4.78, 5) is 54.9. The van der Waals surface area contributed by atoms with Crippen LogP contribution in [0.25, 0.3) is 32.7 Å². The van der Waals surface area contributed by atoms with Gasteiger partial charge in [0, 0.05) is 92.2 Å². The fraction of sp³-hybridized carbons (Fsp3) is 0.158. The van der Waals surface area contributed by atoms with Crippen LogP contribution >= 0.6 is 0 Å². The van der Waals surface area contributed by atoms with Gasteiger partial charge < -0.3 is 14.7 Å². The van der Waals surface area contributed by atoms with Gasteiger partial charge in [0.25, 0.3) is 17.7 Å². The molecule has 6 heterocycles. The van der Waals surface area contributed by atoms with Gasteiger partial charge in [-0.25, -0.2) is 0 Å². The average Bonchev–Trinajstić information content (AvgIpc) is 3.92. The van der Waals surface area contributed by atoms with E-state index in [2.05, 4.69) is 75.6 Å². The quantitative estimate of drug-likeness (QED) is 0.165. The topological polar surface area (TPSA) is 99.6 Å². The molecule has 0 radical (unpaired) electrons. The van der Waals surface area contributed by atoms with Crippen LogP contribution in [0, 0.1) is 0 Å². The summed E-state index contributed by atoms with van der Waals surface area (Å²) in [7, 11) is 5.54. The highest BCUT2D eigenvalue weighted by Gasteiger charge is 2.27. The first-order chi connectivity index (χ1) is 32.1. The minimum Gasteiger partial charge on any atom is -0.337 e. The molecular formula is C57H48N6O3. The van der Waals surface area contributed by atoms with E-state index in [-0.39, 0.29) is 17.7 Å². The number of pyridine rings is 3. The summed E-state index contributed by atoms with van der Waals surface area (Å²) in [6.45, 7) is 2.12. The summed E-state index contributed by atoms with van der Waals surface area (Å²) >= 11 is 0. The highest BCUT2D eigenvalue weighted by atomic mass is 16.2. The third kappa shape index (κ3) is 8.63. The van der Waals surface area contributed by atoms with Crippen LogP contribution < -0.4 is 0 Å². The highest BCUT2D eigenvalue weighted by molar-refractivity contribution is 5.99. The molecule has 0 fully saturated rings. The molecule has 3 amide bonds. The predicted octanol–water partition coefficient (Wildman–Crippen LogP) is 10.2. The van der Waals surface area contributed by atoms with E-state index in [1.165, 1.54) is 22.3 Å². The fourth-order valence-electron chi connectivity index (χ4n) is 9.27. The van der Waals surface area contributed by atoms with Crippen LogP contribution in [0.1, 0.15) is 81.1 Å². The zero-order valence-electron chi connectivity index (χ0n) is 37.2. The lowest BCUT2D eigenvalue weighted by Crippen LogP contribution is -2.17. The van der Waals surface area contributed by atoms with E-state index in [0.717, 1.165) is 96.5 Å². The fourth-order valence-corrected chi connectivity index (χ4v) is 9.27. The second-order valence-corrected chi connectivity index (χ2v) is 17.5. The van der Waals surface area contributed by atoms with Gasteiger partial charge in [0.15, 0.2) is 0 Å². The number of para-hydroxylation sites is 3. The van der Waals surface area contributed by atoms with Crippen LogP contribution in [0.3, 0.4) is 0 Å². The van der Waals surface area contributed by atoms with Crippen molar-refractivity contribution in [3.8, 4) is 0 Å². The van der Waals surface area contributed by atoms with Gasteiger partial charge in [-0.1, -0.05) is 91.0 Å². The smallest absolute Gasteiger partial charge is 0.254 e. The van der Waals surface area contributed by atoms with Gasteiger partial charge in [0.05, 0.1) is 16.6 Å². The predicted molar refractivity (Wildman–Crippen MR) is 260 cm³/mol. The molecule has 9 heteroatoms. The van der Waals surface area contributed by atoms with Gasteiger partial charge in [-0.15, -0.1) is 0 Å². The maximum Gasteiger partial charge on any atom is 0.254 e. The zero-order valence-corrected chi connectivity index (χ0v) is 37.2. The minimum absolute atomic E-state index is 0.119. The summed E-state index contributed by atoms with van der Waals surface area (Å²) < 4.78 is 0. The summed E-state index contributed by atoms with van der Waals surface area (Å²) in [6.07, 6.45) is 8.23. The molecule has 9 nitrogen and oxygen atoms in total. The number of amides is 3. The standard InChI is InChI=1S/3C19H16N2O/c1-21-12-17-14(6-4-7-16(17)19(21)22)9-13-10-15-5-2-3-8-18(15)20-11-13;1-21-12-16-7-6-13(10-17(16)19(21)22)8-14-9-15-4-2-3-5-18(15)20-11-14;1-21-12-16-9-13(6-7-17(16)19(21)22)8-14-10-15-4-2-3-5-18(15)20-11-14/h2-8,10-11H,9,12H2,1H3;2*2-7,9-11H,8,12H2,1H3. The van der Waals surface area contributed by atoms with Crippen molar-refractivity contribution in [3.05, 3.63) is 231 Å². The molecule has 3 aliphatic heterocycles. The second kappa shape index (κ2) is 17.9. The van der Waals surface area contributed by atoms with Crippen LogP contribution in [0.2, 0.25) is 0 Å². The molecule has 0 atom stereocenters. The summed E-state index contributed by atoms with van der Waals surface area (Å²) in [5.41, 5.74) is 16.1. The normalized spacial score (nSPS) is 13.7. The highest BCUT2D eigenvalue weighted by Crippen LogP contribution is 2.29. The molecule has 12 rings (SSSR count). The third-order valence-electron chi connectivity index (χ3n) is 12.7. The molecule has 0 aliphatic carbocycles. The number of nitrogens with zero attached hydrogens (tertiary/aromatic N) is 6. The van der Waals surface area contributed by atoms with Gasteiger partial charge in [0.1, 0.15) is 0 Å². The molecule has 0 N–H and O–H groups in total. The molecule has 6 aromatic carbocycles. The molecule has 0 unspecified atom stereocenters. The summed E-state index contributed by atoms with van der Waals surface area (Å²) in [5.74, 6) is 0.357. The Hall–Kier alpha value is -8.04. The first-order valence-electron chi connectivity index (χ1n) is 22.3. The number of benzene rings is 6. The zero-order chi connectivity index (χ0) is 45.3. The van der Waals surface area contributed by atoms with Crippen molar-refractivity contribution in [2.45, 2.75) is 38.9 Å². The van der Waals surface area contributed by atoms with Crippen molar-refractivity contribution in [2.75, 3.05) is 21.1 Å². The molecule has 66 heavy (non-hydrogen) atoms. The molecule has 9 aromatic rings. The number of rotatable bonds is 6. The SMILES string of the molecule is CN1Cc2c(Cc3cnc4ccccc4c3)cccc2C1=O.CN1Cc2cc(Cc3cnc4ccccc4c3)ccc2C1=O.CN1Cc2ccc(Cc3cnc4ccccc4c3)cc2C1=O. The van der Waals surface area contributed by atoms with Gasteiger partial charge in [-0.2, -0.15) is 0 Å². The van der Waals surface area contributed by atoms with E-state index < -0.39 is 0 Å². The number of aromatic nitrogens is 3. The Kier molecular flexibility index (Phi) is 11.3. The van der Waals surface area contributed by atoms with Gasteiger partial charge in [0.2, 0.25) is 0 Å². The maximum atomic E-state index is 12.1. The number of hydrogen-bond acceptors (Lipinski definition) is 6. The van der Waals surface area contributed by atoms with E-state index in [4.69, 9.17) is 0 Å². The van der Waals surface area contributed by atoms with Crippen molar-refractivity contribution >= 4 is 50.4 Å². The number of fused-ring (bicyclic) bond motifs is 6. The molecule has 0 saturated heterocycles. The Balaban J connectivity index is 0.000000116. The van der Waals surface area contributed by atoms with Crippen LogP contribution in [0.15, 0.2) is 164 Å². The Bertz CT molecular complexity index is 3360. The molecule has 0 saturated carbocycles. The van der Waals surface area contributed by atoms with Crippen LogP contribution in [0.5, 0.6) is 0 Å². The van der Waals surface area contributed by atoms with E-state index in [1.54, 1.807) is 14.7 Å². The van der Waals surface area contributed by atoms with E-state index in [9.17, 15) is 14.4 Å². The maximum absolute atomic E-state index is 12.1. The minimum atomic E-state index is 0.119. The van der Waals surface area contributed by atoms with Crippen molar-refractivity contribution in [1.82, 2.24) is 29.7 Å². The van der Waals surface area contributed by atoms with E-state index >= 15 is 0 Å². The Morgan fingerprint density at radius 3 is 1.45 bits per heavy atom. The molecule has 3 aromatic heterocycles. The lowest BCUT2D eigenvalue weighted by atomic mass is 9.97. The van der Waals surface area contributed by atoms with Crippen LogP contribution in [-0.4, -0.2) is 68.5 Å². The Labute approximate surface area is 384 Å². The lowest BCUT2D eigenvalue weighted by Gasteiger charge is -2.09. The summed E-state index contributed by atoms with van der Waals surface area (Å²) in [6, 6.07) is 49.3. The van der Waals surface area contributed by atoms with Crippen molar-refractivity contribution in [3.63, 3.8) is 0 Å². The third-order valence-corrected chi connectivity index (χ3v) is 12.7. The first-order valence-corrected chi connectivity index (χ1v) is 22.3.